The maximum atomic E-state index is 12.2. The maximum absolute atomic E-state index is 12.2. The van der Waals surface area contributed by atoms with E-state index in [1.165, 1.54) is 12.7 Å². The van der Waals surface area contributed by atoms with Crippen LogP contribution in [0.25, 0.3) is 0 Å². The van der Waals surface area contributed by atoms with Crippen LogP contribution in [0.1, 0.15) is 15.9 Å². The van der Waals surface area contributed by atoms with Gasteiger partial charge in [0.2, 0.25) is 0 Å². The Morgan fingerprint density at radius 2 is 1.70 bits per heavy atom. The second kappa shape index (κ2) is 8.08. The second-order valence-corrected chi connectivity index (χ2v) is 4.98. The molecular weight excluding hydrogens is 294 g/mol. The minimum Gasteiger partial charge on any atom is -0.497 e. The van der Waals surface area contributed by atoms with Crippen molar-refractivity contribution in [1.29, 1.82) is 0 Å². The van der Waals surface area contributed by atoms with Crippen molar-refractivity contribution in [3.05, 3.63) is 53.6 Å². The molecule has 5 heteroatoms. The van der Waals surface area contributed by atoms with Gasteiger partial charge in [0.25, 0.3) is 5.91 Å². The zero-order valence-corrected chi connectivity index (χ0v) is 13.6. The van der Waals surface area contributed by atoms with E-state index >= 15 is 0 Å². The standard InChI is InChI=1S/C18H21NO4/c1-13-4-6-14(7-5-13)23-11-10-19-18(20)16-12-15(21-2)8-9-17(16)22-3/h4-9,12H,10-11H2,1-3H3,(H,19,20). The number of benzene rings is 2. The van der Waals surface area contributed by atoms with Gasteiger partial charge in [-0.05, 0) is 37.3 Å². The van der Waals surface area contributed by atoms with Gasteiger partial charge in [0, 0.05) is 0 Å². The van der Waals surface area contributed by atoms with E-state index in [4.69, 9.17) is 14.2 Å². The zero-order chi connectivity index (χ0) is 16.7. The van der Waals surface area contributed by atoms with Crippen LogP contribution in [-0.4, -0.2) is 33.3 Å². The molecule has 1 amide bonds. The van der Waals surface area contributed by atoms with Crippen LogP contribution in [0.15, 0.2) is 42.5 Å². The molecule has 23 heavy (non-hydrogen) atoms. The van der Waals surface area contributed by atoms with Gasteiger partial charge in [-0.15, -0.1) is 0 Å². The maximum Gasteiger partial charge on any atom is 0.255 e. The molecule has 2 aromatic carbocycles. The molecule has 0 unspecified atom stereocenters. The fourth-order valence-electron chi connectivity index (χ4n) is 2.05. The number of carbonyl (C=O) groups excluding carboxylic acids is 1. The van der Waals surface area contributed by atoms with Crippen LogP contribution in [-0.2, 0) is 0 Å². The van der Waals surface area contributed by atoms with Gasteiger partial charge in [0.1, 0.15) is 23.9 Å². The third-order valence-electron chi connectivity index (χ3n) is 3.33. The minimum absolute atomic E-state index is 0.228. The lowest BCUT2D eigenvalue weighted by Crippen LogP contribution is -2.28. The molecule has 0 saturated carbocycles. The first-order valence-electron chi connectivity index (χ1n) is 7.33. The number of methoxy groups -OCH3 is 2. The minimum atomic E-state index is -0.228. The highest BCUT2D eigenvalue weighted by atomic mass is 16.5. The summed E-state index contributed by atoms with van der Waals surface area (Å²) in [6.45, 7) is 2.81. The van der Waals surface area contributed by atoms with Crippen molar-refractivity contribution in [3.63, 3.8) is 0 Å². The van der Waals surface area contributed by atoms with E-state index in [0.717, 1.165) is 5.75 Å². The Balaban J connectivity index is 1.88. The molecule has 2 rings (SSSR count). The molecule has 122 valence electrons. The van der Waals surface area contributed by atoms with E-state index in [0.29, 0.717) is 30.2 Å². The van der Waals surface area contributed by atoms with Gasteiger partial charge < -0.3 is 19.5 Å². The first-order chi connectivity index (χ1) is 11.1. The summed E-state index contributed by atoms with van der Waals surface area (Å²) in [5.74, 6) is 1.66. The predicted molar refractivity (Wildman–Crippen MR) is 88.6 cm³/mol. The zero-order valence-electron chi connectivity index (χ0n) is 13.6. The highest BCUT2D eigenvalue weighted by Gasteiger charge is 2.13. The molecule has 5 nitrogen and oxygen atoms in total. The Morgan fingerprint density at radius 1 is 1.00 bits per heavy atom. The number of rotatable bonds is 7. The Morgan fingerprint density at radius 3 is 2.35 bits per heavy atom. The Hall–Kier alpha value is -2.69. The Kier molecular flexibility index (Phi) is 5.86. The van der Waals surface area contributed by atoms with E-state index in [2.05, 4.69) is 5.32 Å². The second-order valence-electron chi connectivity index (χ2n) is 4.98. The van der Waals surface area contributed by atoms with Gasteiger partial charge in [-0.1, -0.05) is 17.7 Å². The molecule has 0 aliphatic rings. The summed E-state index contributed by atoms with van der Waals surface area (Å²) in [4.78, 5) is 12.2. The topological polar surface area (TPSA) is 56.8 Å². The van der Waals surface area contributed by atoms with E-state index in [1.54, 1.807) is 25.3 Å². The van der Waals surface area contributed by atoms with Crippen molar-refractivity contribution in [2.75, 3.05) is 27.4 Å². The van der Waals surface area contributed by atoms with Crippen molar-refractivity contribution in [2.24, 2.45) is 0 Å². The van der Waals surface area contributed by atoms with Crippen molar-refractivity contribution >= 4 is 5.91 Å². The van der Waals surface area contributed by atoms with Crippen molar-refractivity contribution in [3.8, 4) is 17.2 Å². The molecule has 0 fully saturated rings. The number of aryl methyl sites for hydroxylation is 1. The van der Waals surface area contributed by atoms with Crippen LogP contribution in [0.5, 0.6) is 17.2 Å². The average Bonchev–Trinajstić information content (AvgIpc) is 2.59. The van der Waals surface area contributed by atoms with Gasteiger partial charge in [-0.3, -0.25) is 4.79 Å². The fraction of sp³-hybridized carbons (Fsp3) is 0.278. The van der Waals surface area contributed by atoms with Gasteiger partial charge >= 0.3 is 0 Å². The average molecular weight is 315 g/mol. The van der Waals surface area contributed by atoms with Gasteiger partial charge in [0.15, 0.2) is 0 Å². The van der Waals surface area contributed by atoms with Crippen molar-refractivity contribution in [1.82, 2.24) is 5.32 Å². The molecule has 0 heterocycles. The number of hydrogen-bond donors (Lipinski definition) is 1. The third-order valence-corrected chi connectivity index (χ3v) is 3.33. The molecule has 0 saturated heterocycles. The normalized spacial score (nSPS) is 10.0. The molecular formula is C18H21NO4. The molecule has 0 radical (unpaired) electrons. The Bertz CT molecular complexity index is 653. The summed E-state index contributed by atoms with van der Waals surface area (Å²) < 4.78 is 15.9. The largest absolute Gasteiger partial charge is 0.497 e. The number of amides is 1. The van der Waals surface area contributed by atoms with Gasteiger partial charge in [-0.25, -0.2) is 0 Å². The molecule has 0 aliphatic carbocycles. The molecule has 0 aliphatic heterocycles. The predicted octanol–water partition coefficient (Wildman–Crippen LogP) is 2.82. The number of nitrogens with one attached hydrogen (secondary N) is 1. The van der Waals surface area contributed by atoms with Crippen LogP contribution in [0.4, 0.5) is 0 Å². The molecule has 2 aromatic rings. The number of ether oxygens (including phenoxy) is 3. The van der Waals surface area contributed by atoms with Crippen molar-refractivity contribution < 1.29 is 19.0 Å². The molecule has 0 spiro atoms. The van der Waals surface area contributed by atoms with E-state index < -0.39 is 0 Å². The third kappa shape index (κ3) is 4.64. The van der Waals surface area contributed by atoms with Crippen LogP contribution in [0, 0.1) is 6.92 Å². The summed E-state index contributed by atoms with van der Waals surface area (Å²) in [7, 11) is 3.08. The first kappa shape index (κ1) is 16.7. The molecule has 0 aromatic heterocycles. The summed E-state index contributed by atoms with van der Waals surface area (Å²) in [6.07, 6.45) is 0. The van der Waals surface area contributed by atoms with Gasteiger partial charge in [-0.2, -0.15) is 0 Å². The molecule has 0 bridgehead atoms. The number of carbonyl (C=O) groups is 1. The summed E-state index contributed by atoms with van der Waals surface area (Å²) in [5, 5.41) is 2.81. The smallest absolute Gasteiger partial charge is 0.255 e. The highest BCUT2D eigenvalue weighted by molar-refractivity contribution is 5.97. The van der Waals surface area contributed by atoms with E-state index in [1.807, 2.05) is 31.2 Å². The lowest BCUT2D eigenvalue weighted by molar-refractivity contribution is 0.0943. The van der Waals surface area contributed by atoms with Crippen LogP contribution >= 0.6 is 0 Å². The Labute approximate surface area is 136 Å². The molecule has 0 atom stereocenters. The summed E-state index contributed by atoms with van der Waals surface area (Å²) >= 11 is 0. The van der Waals surface area contributed by atoms with Crippen LogP contribution in [0.2, 0.25) is 0 Å². The highest BCUT2D eigenvalue weighted by Crippen LogP contribution is 2.23. The lowest BCUT2D eigenvalue weighted by Gasteiger charge is -2.11. The van der Waals surface area contributed by atoms with Crippen molar-refractivity contribution in [2.45, 2.75) is 6.92 Å². The SMILES string of the molecule is COc1ccc(OC)c(C(=O)NCCOc2ccc(C)cc2)c1. The van der Waals surface area contributed by atoms with Crippen LogP contribution in [0.3, 0.4) is 0 Å². The van der Waals surface area contributed by atoms with E-state index in [9.17, 15) is 4.79 Å². The number of hydrogen-bond acceptors (Lipinski definition) is 4. The summed E-state index contributed by atoms with van der Waals surface area (Å²) in [5.41, 5.74) is 1.61. The monoisotopic (exact) mass is 315 g/mol. The van der Waals surface area contributed by atoms with Gasteiger partial charge in [0.05, 0.1) is 26.3 Å². The summed E-state index contributed by atoms with van der Waals surface area (Å²) in [6, 6.07) is 12.9. The van der Waals surface area contributed by atoms with Crippen LogP contribution < -0.4 is 19.5 Å². The lowest BCUT2D eigenvalue weighted by atomic mass is 10.1. The van der Waals surface area contributed by atoms with E-state index in [-0.39, 0.29) is 5.91 Å². The fourth-order valence-corrected chi connectivity index (χ4v) is 2.05. The molecule has 1 N–H and O–H groups in total. The first-order valence-corrected chi connectivity index (χ1v) is 7.33. The quantitative estimate of drug-likeness (QED) is 0.798.